The largest absolute Gasteiger partial charge is 0.504 e. The maximum absolute atomic E-state index is 10.3. The van der Waals surface area contributed by atoms with E-state index < -0.39 is 0 Å². The zero-order valence-electron chi connectivity index (χ0n) is 63.2. The van der Waals surface area contributed by atoms with E-state index in [4.69, 9.17) is 66.0 Å². The predicted octanol–water partition coefficient (Wildman–Crippen LogP) is 17.6. The van der Waals surface area contributed by atoms with Gasteiger partial charge >= 0.3 is 5.75 Å². The second kappa shape index (κ2) is 48.8. The van der Waals surface area contributed by atoms with Crippen molar-refractivity contribution in [1.82, 2.24) is 0 Å². The molecular formula is C86H104BrO19+. The van der Waals surface area contributed by atoms with E-state index >= 15 is 0 Å². The summed E-state index contributed by atoms with van der Waals surface area (Å²) in [5.41, 5.74) is 10.1. The van der Waals surface area contributed by atoms with Crippen LogP contribution in [0.2, 0.25) is 0 Å². The lowest BCUT2D eigenvalue weighted by molar-refractivity contribution is -0.356. The second-order valence-corrected chi connectivity index (χ2v) is 23.5. The molecule has 0 spiro atoms. The number of phenolic OH excluding ortho intramolecular Hbond substituents is 4. The maximum Gasteiger partial charge on any atom is 0.393 e. The van der Waals surface area contributed by atoms with E-state index in [-0.39, 0.29) is 40.0 Å². The number of aryl methyl sites for hydroxylation is 4. The van der Waals surface area contributed by atoms with Crippen LogP contribution in [0.15, 0.2) is 188 Å². The number of hydrogen-bond acceptors (Lipinski definition) is 18. The first-order valence-corrected chi connectivity index (χ1v) is 34.1. The summed E-state index contributed by atoms with van der Waals surface area (Å²) in [7, 11) is 21.3. The van der Waals surface area contributed by atoms with Crippen molar-refractivity contribution in [2.24, 2.45) is 0 Å². The fourth-order valence-electron chi connectivity index (χ4n) is 10.8. The number of halogens is 1. The lowest BCUT2D eigenvalue weighted by atomic mass is 10.0. The molecular weight excluding hydrogens is 1420 g/mol. The third-order valence-electron chi connectivity index (χ3n) is 16.6. The SMILES string of the molecule is Br.C=[O+]c1cc(C/C=C/Cc2ccc(OC)c(OC)c2)ccc1OC.COc1ccc(C/C=C\Cc2ccc(OC)c(OC)c2)cc1OC.COc1ccc(CC=O)cc1OC.COc1ccc(CCCCc2ccc(OC)c(OC)c2)cc1OC.Oc1ccc(CCCCc2ccc(O)c(O)c2)cc1O. The van der Waals surface area contributed by atoms with Gasteiger partial charge < -0.3 is 86.8 Å². The number of allylic oxidation sites excluding steroid dienone is 4. The molecule has 9 aromatic rings. The summed E-state index contributed by atoms with van der Waals surface area (Å²) in [5.74, 6) is 9.87. The van der Waals surface area contributed by atoms with Gasteiger partial charge in [-0.15, -0.1) is 17.0 Å². The first-order chi connectivity index (χ1) is 51.0. The van der Waals surface area contributed by atoms with Gasteiger partial charge in [0.1, 0.15) is 6.29 Å². The Hall–Kier alpha value is -11.1. The average molecular weight is 1520 g/mol. The van der Waals surface area contributed by atoms with Gasteiger partial charge in [-0.25, -0.2) is 4.42 Å². The van der Waals surface area contributed by atoms with Crippen LogP contribution in [-0.4, -0.2) is 126 Å². The van der Waals surface area contributed by atoms with Crippen LogP contribution >= 0.6 is 17.0 Å². The van der Waals surface area contributed by atoms with Crippen LogP contribution in [0.1, 0.15) is 75.8 Å². The van der Waals surface area contributed by atoms with Crippen LogP contribution in [0, 0.1) is 0 Å². The molecule has 0 unspecified atom stereocenters. The van der Waals surface area contributed by atoms with Gasteiger partial charge in [0, 0.05) is 6.42 Å². The van der Waals surface area contributed by atoms with Crippen LogP contribution < -0.4 is 61.6 Å². The van der Waals surface area contributed by atoms with Crippen molar-refractivity contribution in [3.05, 3.63) is 238 Å². The van der Waals surface area contributed by atoms with Gasteiger partial charge in [0.2, 0.25) is 5.75 Å². The van der Waals surface area contributed by atoms with Crippen LogP contribution in [-0.2, 0) is 67.0 Å². The smallest absolute Gasteiger partial charge is 0.393 e. The number of carbonyl (C=O) groups excluding carboxylic acids is 2. The number of hydrogen-bond donors (Lipinski definition) is 4. The van der Waals surface area contributed by atoms with Crippen LogP contribution in [0.3, 0.4) is 0 Å². The highest BCUT2D eigenvalue weighted by atomic mass is 79.9. The Balaban J connectivity index is 0.000000283. The summed E-state index contributed by atoms with van der Waals surface area (Å²) >= 11 is 0. The van der Waals surface area contributed by atoms with Gasteiger partial charge in [-0.2, -0.15) is 0 Å². The van der Waals surface area contributed by atoms with Gasteiger partial charge in [0.25, 0.3) is 6.79 Å². The quantitative estimate of drug-likeness (QED) is 0.00966. The minimum Gasteiger partial charge on any atom is -0.504 e. The highest BCUT2D eigenvalue weighted by Crippen LogP contribution is 2.35. The molecule has 0 atom stereocenters. The molecule has 0 amide bonds. The molecule has 0 saturated heterocycles. The van der Waals surface area contributed by atoms with Crippen molar-refractivity contribution in [1.29, 1.82) is 0 Å². The number of aromatic hydroxyl groups is 4. The van der Waals surface area contributed by atoms with Gasteiger partial charge in [-0.05, 0) is 230 Å². The molecule has 4 N–H and O–H groups in total. The lowest BCUT2D eigenvalue weighted by Gasteiger charge is -2.10. The molecule has 0 radical (unpaired) electrons. The second-order valence-electron chi connectivity index (χ2n) is 23.5. The molecule has 0 aromatic heterocycles. The Morgan fingerprint density at radius 1 is 0.264 bits per heavy atom. The molecule has 0 aliphatic heterocycles. The molecule has 0 heterocycles. The van der Waals surface area contributed by atoms with Crippen molar-refractivity contribution < 1.29 is 91.2 Å². The summed E-state index contributed by atoms with van der Waals surface area (Å²) < 4.78 is 73.4. The number of carbonyl (C=O) groups is 1. The number of ether oxygens (including phenoxy) is 13. The zero-order valence-corrected chi connectivity index (χ0v) is 64.9. The Bertz CT molecular complexity index is 4000. The van der Waals surface area contributed by atoms with Crippen LogP contribution in [0.4, 0.5) is 0 Å². The van der Waals surface area contributed by atoms with Crippen LogP contribution in [0.25, 0.3) is 0 Å². The summed E-state index contributed by atoms with van der Waals surface area (Å²) in [6, 6.07) is 51.1. The van der Waals surface area contributed by atoms with E-state index in [0.29, 0.717) is 29.4 Å². The summed E-state index contributed by atoms with van der Waals surface area (Å²) in [5, 5.41) is 37.2. The third-order valence-corrected chi connectivity index (χ3v) is 16.6. The Morgan fingerprint density at radius 3 is 0.708 bits per heavy atom. The monoisotopic (exact) mass is 1520 g/mol. The summed E-state index contributed by atoms with van der Waals surface area (Å²) in [4.78, 5) is 10.3. The normalized spacial score (nSPS) is 10.3. The fourth-order valence-corrected chi connectivity index (χ4v) is 10.8. The first-order valence-electron chi connectivity index (χ1n) is 34.1. The predicted molar refractivity (Wildman–Crippen MR) is 423 cm³/mol. The number of benzene rings is 9. The van der Waals surface area contributed by atoms with Crippen LogP contribution in [0.5, 0.6) is 103 Å². The number of phenols is 4. The van der Waals surface area contributed by atoms with Gasteiger partial charge in [0.05, 0.1) is 98.5 Å². The molecule has 106 heavy (non-hydrogen) atoms. The zero-order chi connectivity index (χ0) is 76.3. The molecule has 0 saturated carbocycles. The highest BCUT2D eigenvalue weighted by molar-refractivity contribution is 8.93. The fraction of sp³-hybridized carbons (Fsp3) is 0.302. The number of rotatable bonds is 34. The van der Waals surface area contributed by atoms with Crippen molar-refractivity contribution in [3.63, 3.8) is 0 Å². The van der Waals surface area contributed by atoms with Crippen molar-refractivity contribution >= 4 is 30.1 Å². The summed E-state index contributed by atoms with van der Waals surface area (Å²) in [6.07, 6.45) is 20.9. The lowest BCUT2D eigenvalue weighted by Crippen LogP contribution is -1.95. The molecule has 0 bridgehead atoms. The molecule has 0 aliphatic rings. The maximum atomic E-state index is 10.3. The average Bonchev–Trinajstić information content (AvgIpc) is 0.886. The van der Waals surface area contributed by atoms with E-state index in [0.717, 1.165) is 163 Å². The van der Waals surface area contributed by atoms with Gasteiger partial charge in [0.15, 0.2) is 92.0 Å². The standard InChI is InChI=1S/C20H26O4.C20H24O4.C20H23O4.C16H18O4.C10H12O3.BrH/c3*1-21-17-11-9-15(13-19(17)23-3)7-5-6-8-16-10-12-18(22-2)20(14-16)24-4;17-13-7-5-11(9-15(13)19)3-1-2-4-12-6-8-14(18)16(20)10-12;1-12-9-4-3-8(5-6-11)7-10(9)13-2;/h9-14H,5-8H2,1-4H3;5-6,9-14H,7-8H2,1-4H3;5-6,9-14H,3,7-8H2,1-2,4H3;5-10,17-20H,1-4H2;3-4,6-7H,5H2,1-2H3;1H/q;;+1;;;/b;6-5-;6-5+;;;. The molecule has 9 aromatic carbocycles. The third kappa shape index (κ3) is 28.8. The molecule has 0 fully saturated rings. The van der Waals surface area contributed by atoms with Gasteiger partial charge in [-0.1, -0.05) is 78.9 Å². The Kier molecular flexibility index (Phi) is 40.1. The van der Waals surface area contributed by atoms with E-state index in [1.54, 1.807) is 129 Å². The van der Waals surface area contributed by atoms with E-state index in [1.165, 1.54) is 39.9 Å². The van der Waals surface area contributed by atoms with Crippen molar-refractivity contribution in [2.75, 3.05) is 92.4 Å². The van der Waals surface area contributed by atoms with Crippen molar-refractivity contribution in [2.45, 2.75) is 83.5 Å². The molecule has 9 rings (SSSR count). The van der Waals surface area contributed by atoms with Gasteiger partial charge in [-0.3, -0.25) is 0 Å². The first kappa shape index (κ1) is 87.3. The molecule has 19 nitrogen and oxygen atoms in total. The molecule has 0 aliphatic carbocycles. The number of methoxy groups -OCH3 is 13. The minimum atomic E-state index is -0.103. The summed E-state index contributed by atoms with van der Waals surface area (Å²) in [6.45, 7) is 3.45. The van der Waals surface area contributed by atoms with E-state index in [2.05, 4.69) is 55.4 Å². The number of unbranched alkanes of at least 4 members (excludes halogenated alkanes) is 2. The van der Waals surface area contributed by atoms with E-state index in [9.17, 15) is 25.2 Å². The minimum absolute atomic E-state index is 0. The Labute approximate surface area is 635 Å². The van der Waals surface area contributed by atoms with Crippen molar-refractivity contribution in [3.8, 4) is 103 Å². The molecule has 568 valence electrons. The molecule has 20 heteroatoms. The van der Waals surface area contributed by atoms with E-state index in [1.807, 2.05) is 91.0 Å². The number of aldehydes is 1. The topological polar surface area (TPSA) is 229 Å². The highest BCUT2D eigenvalue weighted by Gasteiger charge is 2.14. The Morgan fingerprint density at radius 2 is 0.472 bits per heavy atom.